The van der Waals surface area contributed by atoms with E-state index in [2.05, 4.69) is 18.7 Å². The van der Waals surface area contributed by atoms with E-state index in [0.717, 1.165) is 46.9 Å². The summed E-state index contributed by atoms with van der Waals surface area (Å²) in [5.41, 5.74) is 2.52. The number of hydrogen-bond acceptors (Lipinski definition) is 7. The zero-order valence-corrected chi connectivity index (χ0v) is 22.9. The molecule has 3 heterocycles. The Bertz CT molecular complexity index is 1540. The van der Waals surface area contributed by atoms with Gasteiger partial charge in [0.05, 0.1) is 21.7 Å². The van der Waals surface area contributed by atoms with Crippen molar-refractivity contribution in [3.8, 4) is 5.69 Å². The van der Waals surface area contributed by atoms with E-state index in [1.807, 2.05) is 41.9 Å². The highest BCUT2D eigenvalue weighted by Crippen LogP contribution is 2.31. The van der Waals surface area contributed by atoms with E-state index in [0.29, 0.717) is 32.1 Å². The van der Waals surface area contributed by atoms with Crippen molar-refractivity contribution >= 4 is 40.0 Å². The van der Waals surface area contributed by atoms with Crippen molar-refractivity contribution in [3.63, 3.8) is 0 Å². The van der Waals surface area contributed by atoms with E-state index in [9.17, 15) is 14.9 Å². The molecule has 1 fully saturated rings. The average Bonchev–Trinajstić information content (AvgIpc) is 3.08. The largest absolute Gasteiger partial charge is 0.354 e. The normalized spacial score (nSPS) is 14.2. The number of amides is 1. The number of aryl methyl sites for hydroxylation is 1. The van der Waals surface area contributed by atoms with Gasteiger partial charge in [-0.15, -0.1) is 0 Å². The monoisotopic (exact) mass is 547 g/mol. The summed E-state index contributed by atoms with van der Waals surface area (Å²) >= 11 is 5.95. The third-order valence-electron chi connectivity index (χ3n) is 6.79. The van der Waals surface area contributed by atoms with Gasteiger partial charge in [0.2, 0.25) is 0 Å². The Balaban J connectivity index is 1.48. The first-order chi connectivity index (χ1) is 18.7. The number of hydrogen-bond donors (Lipinski definition) is 0. The summed E-state index contributed by atoms with van der Waals surface area (Å²) in [6.07, 6.45) is 1.45. The lowest BCUT2D eigenvalue weighted by Gasteiger charge is -2.24. The number of fused-ring (bicyclic) bond motifs is 1. The molecule has 10 nitrogen and oxygen atoms in total. The summed E-state index contributed by atoms with van der Waals surface area (Å²) in [6.45, 7) is 8.50. The number of nitro benzene ring substituents is 1. The first kappa shape index (κ1) is 26.6. The molecule has 2 aromatic carbocycles. The van der Waals surface area contributed by atoms with Gasteiger partial charge in [0, 0.05) is 44.2 Å². The smallest absolute Gasteiger partial charge is 0.288 e. The van der Waals surface area contributed by atoms with Gasteiger partial charge >= 0.3 is 0 Å². The zero-order valence-electron chi connectivity index (χ0n) is 22.2. The molecule has 0 unspecified atom stereocenters. The number of para-hydroxylation sites is 1. The quantitative estimate of drug-likeness (QED) is 0.240. The third kappa shape index (κ3) is 5.42. The SMILES string of the molecule is Cc1nn(-c2ccccc2)c2nc(CC(C)C)nc(N3CCCN(C(=O)c4ccc(Cl)c([N+](=O)[O-])c4)CC3)c12. The van der Waals surface area contributed by atoms with E-state index in [1.165, 1.54) is 18.2 Å². The Morgan fingerprint density at radius 1 is 1.08 bits per heavy atom. The van der Waals surface area contributed by atoms with Crippen molar-refractivity contribution < 1.29 is 9.72 Å². The van der Waals surface area contributed by atoms with Crippen molar-refractivity contribution in [3.05, 3.63) is 80.7 Å². The first-order valence-corrected chi connectivity index (χ1v) is 13.4. The minimum absolute atomic E-state index is 0.00925. The van der Waals surface area contributed by atoms with E-state index >= 15 is 0 Å². The molecule has 5 rings (SSSR count). The molecule has 0 spiro atoms. The highest BCUT2D eigenvalue weighted by molar-refractivity contribution is 6.32. The van der Waals surface area contributed by atoms with Crippen LogP contribution < -0.4 is 4.90 Å². The van der Waals surface area contributed by atoms with E-state index in [-0.39, 0.29) is 22.2 Å². The standard InChI is InChI=1S/C28H30ClN7O3/c1-18(2)16-24-30-26(25-19(3)32-35(27(25)31-24)21-8-5-4-6-9-21)33-12-7-13-34(15-14-33)28(37)20-10-11-22(29)23(17-20)36(38)39/h4-6,8-11,17-18H,7,12-16H2,1-3H3. The second-order valence-corrected chi connectivity index (χ2v) is 10.6. The van der Waals surface area contributed by atoms with Crippen LogP contribution >= 0.6 is 11.6 Å². The van der Waals surface area contributed by atoms with Gasteiger partial charge in [-0.2, -0.15) is 5.10 Å². The molecule has 11 heteroatoms. The number of nitro groups is 1. The van der Waals surface area contributed by atoms with Crippen LogP contribution in [0.1, 0.15) is 42.1 Å². The van der Waals surface area contributed by atoms with Crippen LogP contribution in [0.5, 0.6) is 0 Å². The molecule has 1 amide bonds. The van der Waals surface area contributed by atoms with Gasteiger partial charge in [0.25, 0.3) is 11.6 Å². The summed E-state index contributed by atoms with van der Waals surface area (Å²) in [7, 11) is 0. The van der Waals surface area contributed by atoms with Crippen LogP contribution in [0.4, 0.5) is 11.5 Å². The molecule has 1 aliphatic rings. The van der Waals surface area contributed by atoms with Crippen LogP contribution in [-0.4, -0.2) is 61.7 Å². The number of carbonyl (C=O) groups is 1. The molecule has 39 heavy (non-hydrogen) atoms. The fourth-order valence-electron chi connectivity index (χ4n) is 4.94. The third-order valence-corrected chi connectivity index (χ3v) is 7.11. The van der Waals surface area contributed by atoms with Crippen LogP contribution in [0, 0.1) is 23.0 Å². The molecule has 4 aromatic rings. The molecule has 0 bridgehead atoms. The summed E-state index contributed by atoms with van der Waals surface area (Å²) in [4.78, 5) is 37.9. The van der Waals surface area contributed by atoms with E-state index < -0.39 is 4.92 Å². The fraction of sp³-hybridized carbons (Fsp3) is 0.357. The van der Waals surface area contributed by atoms with Crippen LogP contribution in [0.3, 0.4) is 0 Å². The van der Waals surface area contributed by atoms with Crippen LogP contribution in [-0.2, 0) is 6.42 Å². The minimum atomic E-state index is -0.573. The highest BCUT2D eigenvalue weighted by atomic mass is 35.5. The second-order valence-electron chi connectivity index (χ2n) is 10.1. The van der Waals surface area contributed by atoms with Gasteiger partial charge in [-0.05, 0) is 43.5 Å². The van der Waals surface area contributed by atoms with Gasteiger partial charge in [-0.25, -0.2) is 14.6 Å². The maximum atomic E-state index is 13.3. The molecule has 0 saturated carbocycles. The van der Waals surface area contributed by atoms with Crippen molar-refractivity contribution in [2.45, 2.75) is 33.6 Å². The van der Waals surface area contributed by atoms with Crippen molar-refractivity contribution in [2.24, 2.45) is 5.92 Å². The molecular formula is C28H30ClN7O3. The van der Waals surface area contributed by atoms with Gasteiger partial charge in [0.1, 0.15) is 16.7 Å². The molecule has 0 N–H and O–H groups in total. The van der Waals surface area contributed by atoms with E-state index in [1.54, 1.807) is 4.90 Å². The summed E-state index contributed by atoms with van der Waals surface area (Å²) < 4.78 is 1.88. The number of halogens is 1. The number of nitrogens with zero attached hydrogens (tertiary/aromatic N) is 7. The first-order valence-electron chi connectivity index (χ1n) is 13.0. The summed E-state index contributed by atoms with van der Waals surface area (Å²) in [6, 6.07) is 14.1. The molecule has 0 aliphatic carbocycles. The topological polar surface area (TPSA) is 110 Å². The fourth-order valence-corrected chi connectivity index (χ4v) is 5.13. The minimum Gasteiger partial charge on any atom is -0.354 e. The second kappa shape index (κ2) is 11.0. The number of benzene rings is 2. The highest BCUT2D eigenvalue weighted by Gasteiger charge is 2.26. The van der Waals surface area contributed by atoms with Gasteiger partial charge in [-0.1, -0.05) is 43.6 Å². The molecule has 0 atom stereocenters. The number of rotatable bonds is 6. The molecule has 2 aromatic heterocycles. The molecule has 202 valence electrons. The molecule has 1 saturated heterocycles. The Labute approximate surface area is 231 Å². The summed E-state index contributed by atoms with van der Waals surface area (Å²) in [5, 5.41) is 17.1. The van der Waals surface area contributed by atoms with Crippen LogP contribution in [0.2, 0.25) is 5.02 Å². The predicted molar refractivity (Wildman–Crippen MR) is 151 cm³/mol. The maximum Gasteiger partial charge on any atom is 0.288 e. The Kier molecular flexibility index (Phi) is 7.47. The molecule has 0 radical (unpaired) electrons. The lowest BCUT2D eigenvalue weighted by molar-refractivity contribution is -0.384. The predicted octanol–water partition coefficient (Wildman–Crippen LogP) is 5.24. The van der Waals surface area contributed by atoms with Gasteiger partial charge in [0.15, 0.2) is 5.65 Å². The van der Waals surface area contributed by atoms with Gasteiger partial charge < -0.3 is 9.80 Å². The number of anilines is 1. The average molecular weight is 548 g/mol. The Morgan fingerprint density at radius 2 is 1.85 bits per heavy atom. The lowest BCUT2D eigenvalue weighted by Crippen LogP contribution is -2.35. The van der Waals surface area contributed by atoms with Crippen LogP contribution in [0.15, 0.2) is 48.5 Å². The maximum absolute atomic E-state index is 13.3. The Morgan fingerprint density at radius 3 is 2.56 bits per heavy atom. The van der Waals surface area contributed by atoms with Crippen molar-refractivity contribution in [1.29, 1.82) is 0 Å². The van der Waals surface area contributed by atoms with Gasteiger partial charge in [-0.3, -0.25) is 14.9 Å². The van der Waals surface area contributed by atoms with Crippen molar-refractivity contribution in [2.75, 3.05) is 31.1 Å². The van der Waals surface area contributed by atoms with Crippen molar-refractivity contribution in [1.82, 2.24) is 24.6 Å². The van der Waals surface area contributed by atoms with E-state index in [4.69, 9.17) is 26.7 Å². The lowest BCUT2D eigenvalue weighted by atomic mass is 10.1. The molecular weight excluding hydrogens is 518 g/mol. The zero-order chi connectivity index (χ0) is 27.7. The molecule has 1 aliphatic heterocycles. The number of aromatic nitrogens is 4. The Hall–Kier alpha value is -4.05. The number of carbonyl (C=O) groups excluding carboxylic acids is 1. The summed E-state index contributed by atoms with van der Waals surface area (Å²) in [5.74, 6) is 1.71. The van der Waals surface area contributed by atoms with Crippen LogP contribution in [0.25, 0.3) is 16.7 Å².